The van der Waals surface area contributed by atoms with Crippen molar-refractivity contribution in [2.75, 3.05) is 6.54 Å². The Morgan fingerprint density at radius 2 is 2.00 bits per heavy atom. The van der Waals surface area contributed by atoms with Gasteiger partial charge in [-0.25, -0.2) is 0 Å². The highest BCUT2D eigenvalue weighted by atomic mass is 79.9. The number of rotatable bonds is 1. The van der Waals surface area contributed by atoms with E-state index in [2.05, 4.69) is 55.4 Å². The fourth-order valence-corrected chi connectivity index (χ4v) is 2.51. The number of piperidine rings is 1. The molecule has 3 heteroatoms. The van der Waals surface area contributed by atoms with Gasteiger partial charge < -0.3 is 5.32 Å². The van der Waals surface area contributed by atoms with E-state index in [4.69, 9.17) is 0 Å². The Morgan fingerprint density at radius 1 is 1.14 bits per heavy atom. The first-order chi connectivity index (χ1) is 6.77. The lowest BCUT2D eigenvalue weighted by molar-refractivity contribution is 0.412. The highest BCUT2D eigenvalue weighted by Crippen LogP contribution is 2.29. The molecular formula is C11H13Br2N. The minimum absolute atomic E-state index is 0.549. The second-order valence-corrected chi connectivity index (χ2v) is 5.38. The van der Waals surface area contributed by atoms with E-state index in [0.717, 1.165) is 15.5 Å². The zero-order valence-corrected chi connectivity index (χ0v) is 11.1. The second-order valence-electron chi connectivity index (χ2n) is 3.68. The van der Waals surface area contributed by atoms with Gasteiger partial charge in [0.05, 0.1) is 0 Å². The van der Waals surface area contributed by atoms with Crippen LogP contribution in [0, 0.1) is 0 Å². The van der Waals surface area contributed by atoms with Crippen LogP contribution >= 0.6 is 31.9 Å². The van der Waals surface area contributed by atoms with Crippen LogP contribution in [0.15, 0.2) is 27.1 Å². The van der Waals surface area contributed by atoms with Gasteiger partial charge >= 0.3 is 0 Å². The zero-order valence-electron chi connectivity index (χ0n) is 7.89. The van der Waals surface area contributed by atoms with Gasteiger partial charge in [0.15, 0.2) is 0 Å². The SMILES string of the molecule is Brc1ccc([C@H]2CCCCN2)cc1Br. The van der Waals surface area contributed by atoms with Crippen molar-refractivity contribution in [3.05, 3.63) is 32.7 Å². The molecule has 1 nitrogen and oxygen atoms in total. The summed E-state index contributed by atoms with van der Waals surface area (Å²) in [6, 6.07) is 7.05. The largest absolute Gasteiger partial charge is 0.310 e. The maximum atomic E-state index is 3.55. The van der Waals surface area contributed by atoms with Gasteiger partial charge in [0.2, 0.25) is 0 Å². The summed E-state index contributed by atoms with van der Waals surface area (Å²) < 4.78 is 2.26. The highest BCUT2D eigenvalue weighted by molar-refractivity contribution is 9.13. The molecule has 1 aliphatic rings. The van der Waals surface area contributed by atoms with E-state index in [0.29, 0.717) is 6.04 Å². The number of halogens is 2. The first-order valence-electron chi connectivity index (χ1n) is 4.96. The summed E-state index contributed by atoms with van der Waals surface area (Å²) in [7, 11) is 0. The molecule has 1 aromatic rings. The van der Waals surface area contributed by atoms with Crippen molar-refractivity contribution < 1.29 is 0 Å². The normalized spacial score (nSPS) is 22.3. The molecule has 1 saturated heterocycles. The third-order valence-corrected chi connectivity index (χ3v) is 4.54. The maximum absolute atomic E-state index is 3.55. The fourth-order valence-electron chi connectivity index (χ4n) is 1.87. The monoisotopic (exact) mass is 317 g/mol. The van der Waals surface area contributed by atoms with Gasteiger partial charge in [-0.15, -0.1) is 0 Å². The first kappa shape index (κ1) is 10.7. The summed E-state index contributed by atoms with van der Waals surface area (Å²) in [6.07, 6.45) is 3.91. The van der Waals surface area contributed by atoms with Crippen LogP contribution < -0.4 is 5.32 Å². The van der Waals surface area contributed by atoms with Crippen LogP contribution in [0.5, 0.6) is 0 Å². The average Bonchev–Trinajstić information content (AvgIpc) is 2.23. The molecule has 0 aromatic heterocycles. The Bertz CT molecular complexity index is 319. The van der Waals surface area contributed by atoms with E-state index < -0.39 is 0 Å². The molecule has 14 heavy (non-hydrogen) atoms. The average molecular weight is 319 g/mol. The van der Waals surface area contributed by atoms with Crippen LogP contribution in [0.25, 0.3) is 0 Å². The molecule has 76 valence electrons. The van der Waals surface area contributed by atoms with Crippen molar-refractivity contribution in [3.63, 3.8) is 0 Å². The van der Waals surface area contributed by atoms with E-state index in [1.165, 1.54) is 24.8 Å². The van der Waals surface area contributed by atoms with Gasteiger partial charge in [-0.3, -0.25) is 0 Å². The maximum Gasteiger partial charge on any atom is 0.0320 e. The van der Waals surface area contributed by atoms with Crippen molar-refractivity contribution in [3.8, 4) is 0 Å². The van der Waals surface area contributed by atoms with Crippen molar-refractivity contribution in [2.24, 2.45) is 0 Å². The standard InChI is InChI=1S/C11H13Br2N/c12-9-5-4-8(7-10(9)13)11-3-1-2-6-14-11/h4-5,7,11,14H,1-3,6H2/t11-/m1/s1. The summed E-state index contributed by atoms with van der Waals surface area (Å²) in [5.74, 6) is 0. The Hall–Kier alpha value is 0.140. The van der Waals surface area contributed by atoms with E-state index in [9.17, 15) is 0 Å². The van der Waals surface area contributed by atoms with Crippen molar-refractivity contribution in [1.29, 1.82) is 0 Å². The van der Waals surface area contributed by atoms with Crippen LogP contribution in [-0.4, -0.2) is 6.54 Å². The molecule has 1 aliphatic heterocycles. The molecule has 1 heterocycles. The molecule has 0 amide bonds. The van der Waals surface area contributed by atoms with Gasteiger partial charge in [0.25, 0.3) is 0 Å². The second kappa shape index (κ2) is 4.77. The minimum Gasteiger partial charge on any atom is -0.310 e. The smallest absolute Gasteiger partial charge is 0.0320 e. The van der Waals surface area contributed by atoms with Gasteiger partial charge in [0, 0.05) is 15.0 Å². The Balaban J connectivity index is 2.18. The van der Waals surface area contributed by atoms with Crippen LogP contribution in [-0.2, 0) is 0 Å². The number of nitrogens with one attached hydrogen (secondary N) is 1. The summed E-state index contributed by atoms with van der Waals surface area (Å²) in [5, 5.41) is 3.55. The van der Waals surface area contributed by atoms with Crippen molar-refractivity contribution in [1.82, 2.24) is 5.32 Å². The Labute approximate surface area is 102 Å². The molecule has 1 aromatic carbocycles. The van der Waals surface area contributed by atoms with Gasteiger partial charge in [-0.1, -0.05) is 12.5 Å². The molecule has 0 spiro atoms. The molecule has 0 unspecified atom stereocenters. The third-order valence-electron chi connectivity index (χ3n) is 2.66. The van der Waals surface area contributed by atoms with Crippen LogP contribution in [0.3, 0.4) is 0 Å². The molecule has 0 saturated carbocycles. The Kier molecular flexibility index (Phi) is 3.63. The third kappa shape index (κ3) is 2.38. The van der Waals surface area contributed by atoms with E-state index in [1.807, 2.05) is 0 Å². The summed E-state index contributed by atoms with van der Waals surface area (Å²) in [6.45, 7) is 1.15. The molecule has 0 radical (unpaired) electrons. The molecule has 1 atom stereocenters. The summed E-state index contributed by atoms with van der Waals surface area (Å²) in [5.41, 5.74) is 1.39. The highest BCUT2D eigenvalue weighted by Gasteiger charge is 2.14. The quantitative estimate of drug-likeness (QED) is 0.824. The molecule has 0 aliphatic carbocycles. The lowest BCUT2D eigenvalue weighted by Gasteiger charge is -2.24. The van der Waals surface area contributed by atoms with Gasteiger partial charge in [-0.2, -0.15) is 0 Å². The molecule has 0 bridgehead atoms. The summed E-state index contributed by atoms with van der Waals surface area (Å²) in [4.78, 5) is 0. The molecule has 1 N–H and O–H groups in total. The van der Waals surface area contributed by atoms with Crippen LogP contribution in [0.1, 0.15) is 30.9 Å². The first-order valence-corrected chi connectivity index (χ1v) is 6.54. The molecular weight excluding hydrogens is 306 g/mol. The Morgan fingerprint density at radius 3 is 2.64 bits per heavy atom. The van der Waals surface area contributed by atoms with E-state index >= 15 is 0 Å². The molecule has 2 rings (SSSR count). The zero-order chi connectivity index (χ0) is 9.97. The number of hydrogen-bond donors (Lipinski definition) is 1. The number of benzene rings is 1. The van der Waals surface area contributed by atoms with Gasteiger partial charge in [0.1, 0.15) is 0 Å². The van der Waals surface area contributed by atoms with Crippen molar-refractivity contribution >= 4 is 31.9 Å². The summed E-state index contributed by atoms with van der Waals surface area (Å²) >= 11 is 7.02. The minimum atomic E-state index is 0.549. The topological polar surface area (TPSA) is 12.0 Å². The van der Waals surface area contributed by atoms with E-state index in [-0.39, 0.29) is 0 Å². The number of hydrogen-bond acceptors (Lipinski definition) is 1. The lowest BCUT2D eigenvalue weighted by atomic mass is 9.98. The predicted molar refractivity (Wildman–Crippen MR) is 66.4 cm³/mol. The fraction of sp³-hybridized carbons (Fsp3) is 0.455. The van der Waals surface area contributed by atoms with Crippen molar-refractivity contribution in [2.45, 2.75) is 25.3 Å². The van der Waals surface area contributed by atoms with E-state index in [1.54, 1.807) is 0 Å². The molecule has 1 fully saturated rings. The van der Waals surface area contributed by atoms with Crippen LogP contribution in [0.4, 0.5) is 0 Å². The lowest BCUT2D eigenvalue weighted by Crippen LogP contribution is -2.26. The van der Waals surface area contributed by atoms with Crippen LogP contribution in [0.2, 0.25) is 0 Å². The van der Waals surface area contributed by atoms with Gasteiger partial charge in [-0.05, 0) is 68.9 Å². The predicted octanol–water partition coefficient (Wildman–Crippen LogP) is 4.03.